The molecule has 2 heteroatoms. The van der Waals surface area contributed by atoms with Crippen molar-refractivity contribution >= 4 is 5.69 Å². The second-order valence-electron chi connectivity index (χ2n) is 4.70. The van der Waals surface area contributed by atoms with Gasteiger partial charge in [-0.3, -0.25) is 0 Å². The summed E-state index contributed by atoms with van der Waals surface area (Å²) in [6.45, 7) is 4.86. The first-order valence-corrected chi connectivity index (χ1v) is 6.91. The van der Waals surface area contributed by atoms with E-state index in [1.807, 2.05) is 0 Å². The molecule has 0 aliphatic carbocycles. The first-order valence-electron chi connectivity index (χ1n) is 6.91. The van der Waals surface area contributed by atoms with Gasteiger partial charge >= 0.3 is 0 Å². The van der Waals surface area contributed by atoms with Gasteiger partial charge in [0.15, 0.2) is 0 Å². The van der Waals surface area contributed by atoms with Crippen LogP contribution in [0.2, 0.25) is 0 Å². The Hall–Kier alpha value is -1.80. The second-order valence-corrected chi connectivity index (χ2v) is 4.70. The summed E-state index contributed by atoms with van der Waals surface area (Å²) in [5, 5.41) is 0. The highest BCUT2D eigenvalue weighted by molar-refractivity contribution is 5.48. The molecule has 2 aromatic carbocycles. The number of hydrogen-bond donors (Lipinski definition) is 1. The zero-order chi connectivity index (χ0) is 13.5. The summed E-state index contributed by atoms with van der Waals surface area (Å²) in [4.78, 5) is 2.38. The van der Waals surface area contributed by atoms with E-state index in [9.17, 15) is 0 Å². The molecule has 2 nitrogen and oxygen atoms in total. The molecule has 100 valence electrons. The molecule has 0 aliphatic heterocycles. The minimum absolute atomic E-state index is 0.709. The number of rotatable bonds is 6. The Labute approximate surface area is 115 Å². The van der Waals surface area contributed by atoms with Crippen LogP contribution in [-0.2, 0) is 13.0 Å². The topological polar surface area (TPSA) is 29.3 Å². The molecule has 0 bridgehead atoms. The Morgan fingerprint density at radius 1 is 0.895 bits per heavy atom. The summed E-state index contributed by atoms with van der Waals surface area (Å²) in [6.07, 6.45) is 0.949. The lowest BCUT2D eigenvalue weighted by molar-refractivity contribution is 0.831. The highest BCUT2D eigenvalue weighted by Gasteiger charge is 2.05. The lowest BCUT2D eigenvalue weighted by atomic mass is 10.1. The summed E-state index contributed by atoms with van der Waals surface area (Å²) in [7, 11) is 0. The second kappa shape index (κ2) is 6.95. The van der Waals surface area contributed by atoms with Gasteiger partial charge in [-0.15, -0.1) is 0 Å². The van der Waals surface area contributed by atoms with Crippen molar-refractivity contribution < 1.29 is 0 Å². The molecule has 0 radical (unpaired) electrons. The van der Waals surface area contributed by atoms with E-state index >= 15 is 0 Å². The van der Waals surface area contributed by atoms with Crippen molar-refractivity contribution in [1.82, 2.24) is 0 Å². The molecule has 0 fully saturated rings. The Bertz CT molecular complexity index is 476. The van der Waals surface area contributed by atoms with Gasteiger partial charge in [0.1, 0.15) is 0 Å². The molecule has 2 aromatic rings. The van der Waals surface area contributed by atoms with Crippen LogP contribution in [0.25, 0.3) is 0 Å². The van der Waals surface area contributed by atoms with E-state index in [2.05, 4.69) is 66.4 Å². The lowest BCUT2D eigenvalue weighted by Gasteiger charge is -2.23. The zero-order valence-corrected chi connectivity index (χ0v) is 11.5. The monoisotopic (exact) mass is 254 g/mol. The largest absolute Gasteiger partial charge is 0.367 e. The summed E-state index contributed by atoms with van der Waals surface area (Å²) in [5.41, 5.74) is 9.50. The molecule has 0 spiro atoms. The van der Waals surface area contributed by atoms with E-state index < -0.39 is 0 Å². The van der Waals surface area contributed by atoms with Crippen molar-refractivity contribution in [3.8, 4) is 0 Å². The Morgan fingerprint density at radius 2 is 1.58 bits per heavy atom. The number of anilines is 1. The molecule has 0 heterocycles. The van der Waals surface area contributed by atoms with Crippen LogP contribution in [0.5, 0.6) is 0 Å². The maximum atomic E-state index is 5.58. The van der Waals surface area contributed by atoms with E-state index in [0.29, 0.717) is 6.54 Å². The van der Waals surface area contributed by atoms with Crippen molar-refractivity contribution in [2.24, 2.45) is 5.73 Å². The fraction of sp³-hybridized carbons (Fsp3) is 0.294. The Morgan fingerprint density at radius 3 is 2.16 bits per heavy atom. The van der Waals surface area contributed by atoms with E-state index in [0.717, 1.165) is 19.5 Å². The SMILES string of the molecule is CCN(Cc1ccccc1)c1ccc(CCN)cc1. The third kappa shape index (κ3) is 3.83. The number of benzene rings is 2. The maximum absolute atomic E-state index is 5.58. The fourth-order valence-corrected chi connectivity index (χ4v) is 2.23. The molecule has 2 rings (SSSR count). The van der Waals surface area contributed by atoms with Gasteiger partial charge in [-0.2, -0.15) is 0 Å². The fourth-order valence-electron chi connectivity index (χ4n) is 2.23. The standard InChI is InChI=1S/C17H22N2/c1-2-19(14-16-6-4-3-5-7-16)17-10-8-15(9-11-17)12-13-18/h3-11H,2,12-14,18H2,1H3. The lowest BCUT2D eigenvalue weighted by Crippen LogP contribution is -2.21. The van der Waals surface area contributed by atoms with Crippen LogP contribution >= 0.6 is 0 Å². The highest BCUT2D eigenvalue weighted by atomic mass is 15.1. The summed E-state index contributed by atoms with van der Waals surface area (Å²) in [5.74, 6) is 0. The number of nitrogens with two attached hydrogens (primary N) is 1. The molecule has 19 heavy (non-hydrogen) atoms. The molecular formula is C17H22N2. The quantitative estimate of drug-likeness (QED) is 0.857. The minimum Gasteiger partial charge on any atom is -0.367 e. The third-order valence-electron chi connectivity index (χ3n) is 3.33. The van der Waals surface area contributed by atoms with Gasteiger partial charge in [0.05, 0.1) is 0 Å². The third-order valence-corrected chi connectivity index (χ3v) is 3.33. The zero-order valence-electron chi connectivity index (χ0n) is 11.5. The van der Waals surface area contributed by atoms with Crippen LogP contribution in [0.3, 0.4) is 0 Å². The summed E-state index contributed by atoms with van der Waals surface area (Å²) in [6, 6.07) is 19.3. The average Bonchev–Trinajstić information content (AvgIpc) is 2.47. The van der Waals surface area contributed by atoms with Gasteiger partial charge in [-0.05, 0) is 43.1 Å². The van der Waals surface area contributed by atoms with Crippen molar-refractivity contribution in [3.63, 3.8) is 0 Å². The van der Waals surface area contributed by atoms with Crippen LogP contribution in [-0.4, -0.2) is 13.1 Å². The predicted octanol–water partition coefficient (Wildman–Crippen LogP) is 3.21. The molecule has 0 saturated carbocycles. The van der Waals surface area contributed by atoms with Gasteiger partial charge in [-0.25, -0.2) is 0 Å². The van der Waals surface area contributed by atoms with Gasteiger partial charge in [0.2, 0.25) is 0 Å². The van der Waals surface area contributed by atoms with Crippen molar-refractivity contribution in [3.05, 3.63) is 65.7 Å². The highest BCUT2D eigenvalue weighted by Crippen LogP contribution is 2.18. The first kappa shape index (κ1) is 13.6. The predicted molar refractivity (Wildman–Crippen MR) is 82.4 cm³/mol. The molecule has 0 atom stereocenters. The molecule has 0 saturated heterocycles. The molecule has 0 amide bonds. The molecular weight excluding hydrogens is 232 g/mol. The smallest absolute Gasteiger partial charge is 0.0429 e. The molecule has 0 aromatic heterocycles. The summed E-state index contributed by atoms with van der Waals surface area (Å²) >= 11 is 0. The maximum Gasteiger partial charge on any atom is 0.0429 e. The van der Waals surface area contributed by atoms with Gasteiger partial charge in [0.25, 0.3) is 0 Å². The first-order chi connectivity index (χ1) is 9.33. The molecule has 0 unspecified atom stereocenters. The average molecular weight is 254 g/mol. The Kier molecular flexibility index (Phi) is 4.99. The van der Waals surface area contributed by atoms with Crippen molar-refractivity contribution in [2.75, 3.05) is 18.0 Å². The molecule has 0 aliphatic rings. The van der Waals surface area contributed by atoms with Gasteiger partial charge < -0.3 is 10.6 Å². The van der Waals surface area contributed by atoms with Crippen molar-refractivity contribution in [1.29, 1.82) is 0 Å². The van der Waals surface area contributed by atoms with Crippen molar-refractivity contribution in [2.45, 2.75) is 19.9 Å². The minimum atomic E-state index is 0.709. The van der Waals surface area contributed by atoms with E-state index in [1.165, 1.54) is 16.8 Å². The normalized spacial score (nSPS) is 10.4. The number of nitrogens with zero attached hydrogens (tertiary/aromatic N) is 1. The van der Waals surface area contributed by atoms with Crippen LogP contribution < -0.4 is 10.6 Å². The number of hydrogen-bond acceptors (Lipinski definition) is 2. The molecule has 2 N–H and O–H groups in total. The van der Waals surface area contributed by atoms with Crippen LogP contribution in [0.15, 0.2) is 54.6 Å². The Balaban J connectivity index is 2.08. The van der Waals surface area contributed by atoms with Gasteiger partial charge in [-0.1, -0.05) is 42.5 Å². The van der Waals surface area contributed by atoms with E-state index in [-0.39, 0.29) is 0 Å². The van der Waals surface area contributed by atoms with Crippen LogP contribution in [0.4, 0.5) is 5.69 Å². The van der Waals surface area contributed by atoms with E-state index in [4.69, 9.17) is 5.73 Å². The van der Waals surface area contributed by atoms with Crippen LogP contribution in [0.1, 0.15) is 18.1 Å². The van der Waals surface area contributed by atoms with E-state index in [1.54, 1.807) is 0 Å². The van der Waals surface area contributed by atoms with Crippen LogP contribution in [0, 0.1) is 0 Å². The van der Waals surface area contributed by atoms with Gasteiger partial charge in [0, 0.05) is 18.8 Å². The summed E-state index contributed by atoms with van der Waals surface area (Å²) < 4.78 is 0.